The number of esters is 1. The highest BCUT2D eigenvalue weighted by atomic mass is 32.2. The summed E-state index contributed by atoms with van der Waals surface area (Å²) in [6, 6.07) is 17.8. The van der Waals surface area contributed by atoms with E-state index in [1.54, 1.807) is 33.3 Å². The number of ether oxygens (including phenoxy) is 2. The van der Waals surface area contributed by atoms with E-state index in [1.807, 2.05) is 60.7 Å². The molecule has 0 spiro atoms. The number of benzene rings is 2. The van der Waals surface area contributed by atoms with Crippen molar-refractivity contribution < 1.29 is 28.1 Å². The fraction of sp³-hybridized carbons (Fsp3) is 0.444. The average Bonchev–Trinajstić information content (AvgIpc) is 2.79. The fourth-order valence-electron chi connectivity index (χ4n) is 3.16. The van der Waals surface area contributed by atoms with Crippen molar-refractivity contribution in [3.05, 3.63) is 71.8 Å². The molecule has 0 bridgehead atoms. The van der Waals surface area contributed by atoms with Gasteiger partial charge >= 0.3 is 12.1 Å². The van der Waals surface area contributed by atoms with Crippen LogP contribution in [0.5, 0.6) is 0 Å². The summed E-state index contributed by atoms with van der Waals surface area (Å²) in [5, 5.41) is 6.82. The SMILES string of the molecule is CC(C)(C)OC(=O)NC(CC/C(C[S+](C)(C)=O)=N\OCc1ccccc1)C(=O)OCc1ccccc1. The molecular weight excluding hydrogens is 480 g/mol. The quantitative estimate of drug-likeness (QED) is 0.189. The number of nitrogens with one attached hydrogen (secondary N) is 1. The highest BCUT2D eigenvalue weighted by Crippen LogP contribution is 2.12. The van der Waals surface area contributed by atoms with Gasteiger partial charge in [-0.1, -0.05) is 65.8 Å². The summed E-state index contributed by atoms with van der Waals surface area (Å²) in [5.41, 5.74) is 1.59. The number of hydrogen-bond acceptors (Lipinski definition) is 7. The molecule has 1 amide bonds. The Kier molecular flexibility index (Phi) is 11.1. The number of oxime groups is 1. The second kappa shape index (κ2) is 13.8. The van der Waals surface area contributed by atoms with E-state index in [0.29, 0.717) is 5.71 Å². The lowest BCUT2D eigenvalue weighted by Crippen LogP contribution is -2.44. The number of carbonyl (C=O) groups is 2. The van der Waals surface area contributed by atoms with Crippen LogP contribution in [0, 0.1) is 0 Å². The summed E-state index contributed by atoms with van der Waals surface area (Å²) in [6.45, 7) is 5.55. The van der Waals surface area contributed by atoms with Gasteiger partial charge in [0.2, 0.25) is 0 Å². The van der Waals surface area contributed by atoms with Gasteiger partial charge in [0.15, 0.2) is 5.75 Å². The first-order chi connectivity index (χ1) is 16.9. The number of amides is 1. The Bertz CT molecular complexity index is 1040. The van der Waals surface area contributed by atoms with Gasteiger partial charge in [-0.3, -0.25) is 0 Å². The van der Waals surface area contributed by atoms with E-state index in [-0.39, 0.29) is 31.8 Å². The average molecular weight is 518 g/mol. The van der Waals surface area contributed by atoms with Gasteiger partial charge in [0.25, 0.3) is 0 Å². The van der Waals surface area contributed by atoms with Crippen LogP contribution in [-0.4, -0.2) is 47.7 Å². The molecule has 36 heavy (non-hydrogen) atoms. The minimum Gasteiger partial charge on any atom is -0.459 e. The molecule has 0 radical (unpaired) electrons. The van der Waals surface area contributed by atoms with E-state index in [4.69, 9.17) is 14.3 Å². The predicted octanol–water partition coefficient (Wildman–Crippen LogP) is 4.74. The second-order valence-electron chi connectivity index (χ2n) is 9.83. The lowest BCUT2D eigenvalue weighted by molar-refractivity contribution is -0.147. The van der Waals surface area contributed by atoms with Crippen molar-refractivity contribution in [1.29, 1.82) is 0 Å². The highest BCUT2D eigenvalue weighted by Gasteiger charge is 2.27. The second-order valence-corrected chi connectivity index (χ2v) is 13.0. The summed E-state index contributed by atoms with van der Waals surface area (Å²) in [4.78, 5) is 30.8. The number of carbonyl (C=O) groups excluding carboxylic acids is 2. The van der Waals surface area contributed by atoms with E-state index in [9.17, 15) is 13.8 Å². The summed E-state index contributed by atoms with van der Waals surface area (Å²) >= 11 is 0. The molecule has 0 heterocycles. The molecule has 0 aliphatic carbocycles. The largest absolute Gasteiger partial charge is 0.459 e. The van der Waals surface area contributed by atoms with Gasteiger partial charge in [0.1, 0.15) is 43.1 Å². The molecule has 196 valence electrons. The molecule has 0 aliphatic heterocycles. The number of hydrogen-bond donors (Lipinski definition) is 1. The molecule has 2 aromatic carbocycles. The zero-order chi connectivity index (χ0) is 26.6. The van der Waals surface area contributed by atoms with Crippen molar-refractivity contribution in [2.45, 2.75) is 58.5 Å². The summed E-state index contributed by atoms with van der Waals surface area (Å²) < 4.78 is 23.3. The molecule has 0 saturated heterocycles. The van der Waals surface area contributed by atoms with Crippen LogP contribution < -0.4 is 5.32 Å². The zero-order valence-electron chi connectivity index (χ0n) is 21.7. The van der Waals surface area contributed by atoms with Crippen LogP contribution in [0.3, 0.4) is 0 Å². The van der Waals surface area contributed by atoms with Crippen LogP contribution >= 0.6 is 0 Å². The number of rotatable bonds is 12. The summed E-state index contributed by atoms with van der Waals surface area (Å²) in [6.07, 6.45) is 3.01. The van der Waals surface area contributed by atoms with Crippen LogP contribution in [-0.2, 0) is 46.5 Å². The first-order valence-corrected chi connectivity index (χ1v) is 14.3. The molecule has 0 aromatic heterocycles. The summed E-state index contributed by atoms with van der Waals surface area (Å²) in [7, 11) is -2.17. The third-order valence-electron chi connectivity index (χ3n) is 4.70. The fourth-order valence-corrected chi connectivity index (χ4v) is 4.16. The Balaban J connectivity index is 2.09. The molecular formula is C27H37N2O6S+. The van der Waals surface area contributed by atoms with E-state index in [1.165, 1.54) is 0 Å². The molecule has 1 unspecified atom stereocenters. The van der Waals surface area contributed by atoms with Gasteiger partial charge in [-0.15, -0.1) is 4.21 Å². The topological polar surface area (TPSA) is 103 Å². The highest BCUT2D eigenvalue weighted by molar-refractivity contribution is 8.02. The van der Waals surface area contributed by atoms with Gasteiger partial charge in [0, 0.05) is 0 Å². The van der Waals surface area contributed by atoms with Crippen molar-refractivity contribution in [1.82, 2.24) is 5.32 Å². The molecule has 0 fully saturated rings. The van der Waals surface area contributed by atoms with Crippen molar-refractivity contribution in [3.63, 3.8) is 0 Å². The van der Waals surface area contributed by atoms with E-state index in [2.05, 4.69) is 10.5 Å². The van der Waals surface area contributed by atoms with Crippen molar-refractivity contribution >= 4 is 27.7 Å². The molecule has 0 saturated carbocycles. The monoisotopic (exact) mass is 517 g/mol. The Morgan fingerprint density at radius 3 is 2.03 bits per heavy atom. The Labute approximate surface area is 214 Å². The minimum absolute atomic E-state index is 0.0744. The number of nitrogens with zero attached hydrogens (tertiary/aromatic N) is 1. The molecule has 0 aliphatic rings. The van der Waals surface area contributed by atoms with Crippen LogP contribution in [0.15, 0.2) is 65.8 Å². The molecule has 1 N–H and O–H groups in total. The molecule has 8 nitrogen and oxygen atoms in total. The predicted molar refractivity (Wildman–Crippen MR) is 142 cm³/mol. The van der Waals surface area contributed by atoms with Gasteiger partial charge in [-0.2, -0.15) is 0 Å². The molecule has 1 atom stereocenters. The van der Waals surface area contributed by atoms with Crippen molar-refractivity contribution in [2.24, 2.45) is 5.16 Å². The molecule has 2 rings (SSSR count). The van der Waals surface area contributed by atoms with Crippen LogP contribution in [0.25, 0.3) is 0 Å². The standard InChI is InChI=1S/C27H36N2O6S/c1-27(2,3)35-26(31)28-24(25(30)33-18-21-12-8-6-9-13-21)17-16-23(20-36(4,5)32)29-34-19-22-14-10-7-11-15-22/h6-15,24H,16-20H2,1-5H3/p+1/b29-23+. The smallest absolute Gasteiger partial charge is 0.408 e. The van der Waals surface area contributed by atoms with E-state index in [0.717, 1.165) is 11.1 Å². The lowest BCUT2D eigenvalue weighted by Gasteiger charge is -2.23. The van der Waals surface area contributed by atoms with Gasteiger partial charge in [-0.25, -0.2) is 9.59 Å². The normalized spacial score (nSPS) is 13.0. The maximum atomic E-state index is 12.9. The van der Waals surface area contributed by atoms with Crippen LogP contribution in [0.2, 0.25) is 0 Å². The molecule has 2 aromatic rings. The van der Waals surface area contributed by atoms with Crippen LogP contribution in [0.4, 0.5) is 4.79 Å². The third-order valence-corrected chi connectivity index (χ3v) is 5.73. The zero-order valence-corrected chi connectivity index (χ0v) is 22.5. The Morgan fingerprint density at radius 2 is 1.50 bits per heavy atom. The first-order valence-electron chi connectivity index (χ1n) is 11.7. The summed E-state index contributed by atoms with van der Waals surface area (Å²) in [5.74, 6) is -0.386. The maximum absolute atomic E-state index is 12.9. The Hall–Kier alpha value is -3.20. The third kappa shape index (κ3) is 12.5. The van der Waals surface area contributed by atoms with Gasteiger partial charge in [0.05, 0.1) is 9.93 Å². The van der Waals surface area contributed by atoms with Gasteiger partial charge in [-0.05, 0) is 44.7 Å². The van der Waals surface area contributed by atoms with E-state index < -0.39 is 33.6 Å². The minimum atomic E-state index is -2.17. The van der Waals surface area contributed by atoms with Crippen molar-refractivity contribution in [3.8, 4) is 0 Å². The molecule has 9 heteroatoms. The lowest BCUT2D eigenvalue weighted by atomic mass is 10.1. The number of alkyl carbamates (subject to hydrolysis) is 1. The Morgan fingerprint density at radius 1 is 0.944 bits per heavy atom. The maximum Gasteiger partial charge on any atom is 0.408 e. The van der Waals surface area contributed by atoms with Crippen molar-refractivity contribution in [2.75, 3.05) is 18.3 Å². The van der Waals surface area contributed by atoms with Crippen LogP contribution in [0.1, 0.15) is 44.7 Å². The first kappa shape index (κ1) is 29.0. The van der Waals surface area contributed by atoms with Gasteiger partial charge < -0.3 is 19.6 Å². The van der Waals surface area contributed by atoms with E-state index >= 15 is 0 Å².